The summed E-state index contributed by atoms with van der Waals surface area (Å²) in [5, 5.41) is 7.96. The smallest absolute Gasteiger partial charge is 0.263 e. The van der Waals surface area contributed by atoms with E-state index in [0.29, 0.717) is 17.8 Å². The zero-order valence-electron chi connectivity index (χ0n) is 11.9. The van der Waals surface area contributed by atoms with Crippen molar-refractivity contribution >= 4 is 10.9 Å². The van der Waals surface area contributed by atoms with Crippen molar-refractivity contribution in [2.75, 3.05) is 7.05 Å². The third-order valence-electron chi connectivity index (χ3n) is 3.43. The molecule has 0 spiro atoms. The second-order valence-electron chi connectivity index (χ2n) is 5.01. The molecular formula is C15H16N4O2. The van der Waals surface area contributed by atoms with Crippen LogP contribution in [0, 0.1) is 0 Å². The van der Waals surface area contributed by atoms with Gasteiger partial charge in [0.05, 0.1) is 0 Å². The number of nitrogens with one attached hydrogen (secondary N) is 2. The van der Waals surface area contributed by atoms with E-state index >= 15 is 0 Å². The van der Waals surface area contributed by atoms with Gasteiger partial charge in [-0.2, -0.15) is 4.98 Å². The van der Waals surface area contributed by atoms with Gasteiger partial charge in [0.25, 0.3) is 11.4 Å². The molecule has 0 aliphatic heterocycles. The quantitative estimate of drug-likeness (QED) is 0.762. The summed E-state index contributed by atoms with van der Waals surface area (Å²) in [6.45, 7) is 2.03. The molecule has 3 aromatic rings. The normalized spacial score (nSPS) is 12.7. The van der Waals surface area contributed by atoms with E-state index in [2.05, 4.69) is 20.4 Å². The van der Waals surface area contributed by atoms with Crippen LogP contribution < -0.4 is 10.9 Å². The zero-order chi connectivity index (χ0) is 14.8. The lowest BCUT2D eigenvalue weighted by molar-refractivity contribution is 0.418. The predicted molar refractivity (Wildman–Crippen MR) is 80.1 cm³/mol. The van der Waals surface area contributed by atoms with E-state index < -0.39 is 0 Å². The number of likely N-dealkylation sites (N-methyl/N-ethyl adjacent to an activating group) is 1. The fraction of sp³-hybridized carbons (Fsp3) is 0.267. The Bertz CT molecular complexity index is 822. The number of fused-ring (bicyclic) bond motifs is 1. The first-order chi connectivity index (χ1) is 10.2. The monoisotopic (exact) mass is 284 g/mol. The Morgan fingerprint density at radius 3 is 3.00 bits per heavy atom. The molecule has 2 heterocycles. The molecule has 108 valence electrons. The molecule has 0 amide bonds. The van der Waals surface area contributed by atoms with E-state index in [0.717, 1.165) is 10.9 Å². The summed E-state index contributed by atoms with van der Waals surface area (Å²) >= 11 is 0. The molecular weight excluding hydrogens is 268 g/mol. The van der Waals surface area contributed by atoms with E-state index in [1.54, 1.807) is 6.07 Å². The van der Waals surface area contributed by atoms with E-state index in [1.165, 1.54) is 0 Å². The average Bonchev–Trinajstić information content (AvgIpc) is 2.94. The van der Waals surface area contributed by atoms with Crippen molar-refractivity contribution in [1.29, 1.82) is 0 Å². The molecule has 0 radical (unpaired) electrons. The van der Waals surface area contributed by atoms with E-state index in [1.807, 2.05) is 38.2 Å². The first-order valence-corrected chi connectivity index (χ1v) is 6.79. The summed E-state index contributed by atoms with van der Waals surface area (Å²) in [5.74, 6) is 0.833. The van der Waals surface area contributed by atoms with Crippen LogP contribution in [0.5, 0.6) is 0 Å². The maximum absolute atomic E-state index is 12.1. The first kappa shape index (κ1) is 13.5. The molecule has 0 saturated heterocycles. The Morgan fingerprint density at radius 1 is 1.38 bits per heavy atom. The third kappa shape index (κ3) is 2.71. The van der Waals surface area contributed by atoms with Crippen molar-refractivity contribution in [3.05, 3.63) is 46.5 Å². The summed E-state index contributed by atoms with van der Waals surface area (Å²) < 4.78 is 5.22. The van der Waals surface area contributed by atoms with Gasteiger partial charge in [-0.3, -0.25) is 4.79 Å². The molecule has 6 nitrogen and oxygen atoms in total. The summed E-state index contributed by atoms with van der Waals surface area (Å²) in [7, 11) is 1.87. The molecule has 0 aliphatic rings. The number of pyridine rings is 1. The van der Waals surface area contributed by atoms with Gasteiger partial charge in [-0.05, 0) is 31.5 Å². The fourth-order valence-corrected chi connectivity index (χ4v) is 2.13. The third-order valence-corrected chi connectivity index (χ3v) is 3.43. The minimum Gasteiger partial charge on any atom is -0.334 e. The maximum Gasteiger partial charge on any atom is 0.263 e. The maximum atomic E-state index is 12.1. The van der Waals surface area contributed by atoms with Crippen LogP contribution >= 0.6 is 0 Å². The van der Waals surface area contributed by atoms with Crippen molar-refractivity contribution in [1.82, 2.24) is 20.4 Å². The highest BCUT2D eigenvalue weighted by atomic mass is 16.5. The van der Waals surface area contributed by atoms with Gasteiger partial charge in [-0.15, -0.1) is 0 Å². The molecule has 21 heavy (non-hydrogen) atoms. The standard InChI is InChI=1S/C15H16N4O2/c1-9(16-2)7-13-18-15(21-19-13)11-8-10-5-3-4-6-12(10)17-14(11)20/h3-6,8-9,16H,7H2,1-2H3,(H,17,20). The number of para-hydroxylation sites is 1. The summed E-state index contributed by atoms with van der Waals surface area (Å²) in [5.41, 5.74) is 0.949. The average molecular weight is 284 g/mol. The summed E-state index contributed by atoms with van der Waals surface area (Å²) in [4.78, 5) is 19.2. The number of nitrogens with zero attached hydrogens (tertiary/aromatic N) is 2. The Hall–Kier alpha value is -2.47. The molecule has 1 atom stereocenters. The Morgan fingerprint density at radius 2 is 2.19 bits per heavy atom. The van der Waals surface area contributed by atoms with Gasteiger partial charge in [0.1, 0.15) is 5.56 Å². The Balaban J connectivity index is 2.00. The van der Waals surface area contributed by atoms with Crippen molar-refractivity contribution in [3.63, 3.8) is 0 Å². The summed E-state index contributed by atoms with van der Waals surface area (Å²) in [6.07, 6.45) is 0.644. The lowest BCUT2D eigenvalue weighted by atomic mass is 10.1. The highest BCUT2D eigenvalue weighted by Crippen LogP contribution is 2.18. The van der Waals surface area contributed by atoms with Crippen LogP contribution in [-0.2, 0) is 6.42 Å². The van der Waals surface area contributed by atoms with Gasteiger partial charge < -0.3 is 14.8 Å². The van der Waals surface area contributed by atoms with Gasteiger partial charge in [0.15, 0.2) is 5.82 Å². The molecule has 2 N–H and O–H groups in total. The number of benzene rings is 1. The van der Waals surface area contributed by atoms with Crippen LogP contribution in [0.25, 0.3) is 22.4 Å². The Kier molecular flexibility index (Phi) is 3.53. The van der Waals surface area contributed by atoms with Crippen LogP contribution in [0.4, 0.5) is 0 Å². The predicted octanol–water partition coefficient (Wildman–Crippen LogP) is 1.73. The number of aromatic nitrogens is 3. The van der Waals surface area contributed by atoms with Crippen molar-refractivity contribution in [2.24, 2.45) is 0 Å². The van der Waals surface area contributed by atoms with Crippen LogP contribution in [0.3, 0.4) is 0 Å². The van der Waals surface area contributed by atoms with E-state index in [4.69, 9.17) is 4.52 Å². The lowest BCUT2D eigenvalue weighted by Crippen LogP contribution is -2.24. The van der Waals surface area contributed by atoms with Crippen molar-refractivity contribution < 1.29 is 4.52 Å². The molecule has 0 saturated carbocycles. The Labute approximate surface area is 121 Å². The number of H-pyrrole nitrogens is 1. The van der Waals surface area contributed by atoms with Gasteiger partial charge in [0.2, 0.25) is 0 Å². The van der Waals surface area contributed by atoms with Gasteiger partial charge in [-0.1, -0.05) is 23.4 Å². The molecule has 1 unspecified atom stereocenters. The SMILES string of the molecule is CNC(C)Cc1noc(-c2cc3ccccc3[nH]c2=O)n1. The summed E-state index contributed by atoms with van der Waals surface area (Å²) in [6, 6.07) is 9.58. The van der Waals surface area contributed by atoms with Gasteiger partial charge in [0, 0.05) is 18.0 Å². The van der Waals surface area contributed by atoms with E-state index in [9.17, 15) is 4.79 Å². The largest absolute Gasteiger partial charge is 0.334 e. The van der Waals surface area contributed by atoms with Gasteiger partial charge in [-0.25, -0.2) is 0 Å². The lowest BCUT2D eigenvalue weighted by Gasteiger charge is -2.04. The van der Waals surface area contributed by atoms with Crippen LogP contribution in [0.2, 0.25) is 0 Å². The molecule has 2 aromatic heterocycles. The second-order valence-corrected chi connectivity index (χ2v) is 5.01. The van der Waals surface area contributed by atoms with Crippen molar-refractivity contribution in [3.8, 4) is 11.5 Å². The molecule has 0 bridgehead atoms. The topological polar surface area (TPSA) is 83.8 Å². The minimum absolute atomic E-state index is 0.231. The highest BCUT2D eigenvalue weighted by Gasteiger charge is 2.14. The molecule has 1 aromatic carbocycles. The van der Waals surface area contributed by atoms with Crippen LogP contribution in [0.1, 0.15) is 12.7 Å². The number of aromatic amines is 1. The highest BCUT2D eigenvalue weighted by molar-refractivity contribution is 5.81. The number of rotatable bonds is 4. The van der Waals surface area contributed by atoms with Crippen LogP contribution in [0.15, 0.2) is 39.6 Å². The first-order valence-electron chi connectivity index (χ1n) is 6.79. The molecule has 0 fully saturated rings. The van der Waals surface area contributed by atoms with E-state index in [-0.39, 0.29) is 17.5 Å². The van der Waals surface area contributed by atoms with Crippen LogP contribution in [-0.4, -0.2) is 28.2 Å². The van der Waals surface area contributed by atoms with Gasteiger partial charge >= 0.3 is 0 Å². The van der Waals surface area contributed by atoms with Crippen molar-refractivity contribution in [2.45, 2.75) is 19.4 Å². The minimum atomic E-state index is -0.231. The second kappa shape index (κ2) is 5.49. The molecule has 6 heteroatoms. The molecule has 0 aliphatic carbocycles. The molecule has 3 rings (SSSR count). The fourth-order valence-electron chi connectivity index (χ4n) is 2.13. The number of hydrogen-bond donors (Lipinski definition) is 2. The zero-order valence-corrected chi connectivity index (χ0v) is 11.9. The number of hydrogen-bond acceptors (Lipinski definition) is 5.